The first-order valence-electron chi connectivity index (χ1n) is 8.97. The van der Waals surface area contributed by atoms with Gasteiger partial charge in [-0.1, -0.05) is 24.3 Å². The van der Waals surface area contributed by atoms with Crippen molar-refractivity contribution >= 4 is 11.7 Å². The molecule has 0 bridgehead atoms. The molecule has 2 aliphatic rings. The van der Waals surface area contributed by atoms with E-state index in [1.807, 2.05) is 41.4 Å². The number of pyridine rings is 1. The number of nitrogens with zero attached hydrogens (tertiary/aromatic N) is 3. The molecule has 0 aliphatic carbocycles. The molecule has 5 heteroatoms. The molecule has 0 N–H and O–H groups in total. The number of ether oxygens (including phenoxy) is 1. The minimum atomic E-state index is 0.111. The molecular formula is C20H23N3O2. The van der Waals surface area contributed by atoms with Gasteiger partial charge in [-0.2, -0.15) is 0 Å². The van der Waals surface area contributed by atoms with E-state index in [9.17, 15) is 4.79 Å². The number of morpholine rings is 1. The molecule has 130 valence electrons. The Kier molecular flexibility index (Phi) is 4.65. The lowest BCUT2D eigenvalue weighted by molar-refractivity contribution is 0.0735. The zero-order valence-corrected chi connectivity index (χ0v) is 14.3. The number of carbonyl (C=O) groups excluding carboxylic acids is 1. The molecule has 25 heavy (non-hydrogen) atoms. The molecule has 0 spiro atoms. The van der Waals surface area contributed by atoms with Crippen molar-refractivity contribution in [3.63, 3.8) is 0 Å². The van der Waals surface area contributed by atoms with Crippen LogP contribution in [0.1, 0.15) is 34.8 Å². The first-order chi connectivity index (χ1) is 12.3. The van der Waals surface area contributed by atoms with E-state index in [-0.39, 0.29) is 11.9 Å². The normalized spacial score (nSPS) is 20.7. The lowest BCUT2D eigenvalue weighted by atomic mass is 10.1. The van der Waals surface area contributed by atoms with Gasteiger partial charge in [0, 0.05) is 31.4 Å². The molecular weight excluding hydrogens is 314 g/mol. The summed E-state index contributed by atoms with van der Waals surface area (Å²) < 4.78 is 5.40. The monoisotopic (exact) mass is 337 g/mol. The maximum Gasteiger partial charge on any atom is 0.254 e. The Bertz CT molecular complexity index is 711. The summed E-state index contributed by atoms with van der Waals surface area (Å²) in [5.41, 5.74) is 1.88. The summed E-state index contributed by atoms with van der Waals surface area (Å²) in [5, 5.41) is 0. The first kappa shape index (κ1) is 16.1. The fraction of sp³-hybridized carbons (Fsp3) is 0.400. The maximum absolute atomic E-state index is 12.8. The van der Waals surface area contributed by atoms with Crippen LogP contribution in [0.4, 0.5) is 5.82 Å². The van der Waals surface area contributed by atoms with Crippen molar-refractivity contribution in [2.75, 3.05) is 37.7 Å². The van der Waals surface area contributed by atoms with Gasteiger partial charge < -0.3 is 14.5 Å². The third-order valence-corrected chi connectivity index (χ3v) is 5.03. The van der Waals surface area contributed by atoms with Gasteiger partial charge in [0.1, 0.15) is 5.82 Å². The van der Waals surface area contributed by atoms with Gasteiger partial charge in [-0.3, -0.25) is 4.79 Å². The second kappa shape index (κ2) is 7.23. The molecule has 1 amide bonds. The van der Waals surface area contributed by atoms with Gasteiger partial charge in [0.25, 0.3) is 5.91 Å². The summed E-state index contributed by atoms with van der Waals surface area (Å²) >= 11 is 0. The van der Waals surface area contributed by atoms with E-state index < -0.39 is 0 Å². The van der Waals surface area contributed by atoms with Crippen molar-refractivity contribution in [1.29, 1.82) is 0 Å². The van der Waals surface area contributed by atoms with Crippen LogP contribution in [0, 0.1) is 0 Å². The van der Waals surface area contributed by atoms with E-state index in [0.717, 1.165) is 62.6 Å². The number of anilines is 1. The van der Waals surface area contributed by atoms with E-state index in [0.29, 0.717) is 0 Å². The van der Waals surface area contributed by atoms with E-state index in [1.54, 1.807) is 0 Å². The lowest BCUT2D eigenvalue weighted by Crippen LogP contribution is -2.36. The minimum absolute atomic E-state index is 0.111. The second-order valence-corrected chi connectivity index (χ2v) is 6.57. The molecule has 0 unspecified atom stereocenters. The highest BCUT2D eigenvalue weighted by Crippen LogP contribution is 2.33. The molecule has 3 heterocycles. The van der Waals surface area contributed by atoms with Gasteiger partial charge in [-0.15, -0.1) is 0 Å². The van der Waals surface area contributed by atoms with Gasteiger partial charge in [0.15, 0.2) is 0 Å². The number of amides is 1. The van der Waals surface area contributed by atoms with Crippen LogP contribution in [-0.4, -0.2) is 48.6 Å². The third kappa shape index (κ3) is 3.37. The molecule has 2 aromatic rings. The Morgan fingerprint density at radius 2 is 1.84 bits per heavy atom. The SMILES string of the molecule is O=C(c1ccccc1)N1CCC[C@H]1c1ccc(N2CCOCC2)nc1. The van der Waals surface area contributed by atoms with E-state index >= 15 is 0 Å². The Balaban J connectivity index is 1.51. The van der Waals surface area contributed by atoms with Crippen LogP contribution >= 0.6 is 0 Å². The van der Waals surface area contributed by atoms with Gasteiger partial charge >= 0.3 is 0 Å². The molecule has 2 fully saturated rings. The smallest absolute Gasteiger partial charge is 0.254 e. The lowest BCUT2D eigenvalue weighted by Gasteiger charge is -2.29. The highest BCUT2D eigenvalue weighted by molar-refractivity contribution is 5.94. The fourth-order valence-electron chi connectivity index (χ4n) is 3.68. The van der Waals surface area contributed by atoms with Gasteiger partial charge in [-0.05, 0) is 36.6 Å². The quantitative estimate of drug-likeness (QED) is 0.864. The number of rotatable bonds is 3. The predicted molar refractivity (Wildman–Crippen MR) is 96.7 cm³/mol. The summed E-state index contributed by atoms with van der Waals surface area (Å²) in [6.45, 7) is 4.09. The maximum atomic E-state index is 12.8. The standard InChI is InChI=1S/C20H23N3O2/c24-20(16-5-2-1-3-6-16)23-10-4-7-18(23)17-8-9-19(21-15-17)22-11-13-25-14-12-22/h1-3,5-6,8-9,15,18H,4,7,10-14H2/t18-/m0/s1. The van der Waals surface area contributed by atoms with Crippen LogP contribution in [0.2, 0.25) is 0 Å². The second-order valence-electron chi connectivity index (χ2n) is 6.57. The molecule has 1 aromatic carbocycles. The first-order valence-corrected chi connectivity index (χ1v) is 8.97. The summed E-state index contributed by atoms with van der Waals surface area (Å²) in [5.74, 6) is 1.10. The summed E-state index contributed by atoms with van der Waals surface area (Å²) in [6, 6.07) is 13.9. The number of likely N-dealkylation sites (tertiary alicyclic amines) is 1. The van der Waals surface area contributed by atoms with Crippen LogP contribution in [0.5, 0.6) is 0 Å². The topological polar surface area (TPSA) is 45.7 Å². The Labute approximate surface area is 148 Å². The molecule has 4 rings (SSSR count). The predicted octanol–water partition coefficient (Wildman–Crippen LogP) is 2.90. The van der Waals surface area contributed by atoms with E-state index in [2.05, 4.69) is 22.0 Å². The third-order valence-electron chi connectivity index (χ3n) is 5.03. The molecule has 2 saturated heterocycles. The van der Waals surface area contributed by atoms with Crippen LogP contribution in [0.25, 0.3) is 0 Å². The highest BCUT2D eigenvalue weighted by Gasteiger charge is 2.30. The summed E-state index contributed by atoms with van der Waals surface area (Å²) in [7, 11) is 0. The molecule has 1 aromatic heterocycles. The summed E-state index contributed by atoms with van der Waals surface area (Å²) in [6.07, 6.45) is 3.97. The average molecular weight is 337 g/mol. The number of hydrogen-bond acceptors (Lipinski definition) is 4. The largest absolute Gasteiger partial charge is 0.378 e. The van der Waals surface area contributed by atoms with E-state index in [1.165, 1.54) is 0 Å². The van der Waals surface area contributed by atoms with Crippen molar-refractivity contribution in [3.05, 3.63) is 59.8 Å². The molecule has 0 saturated carbocycles. The molecule has 0 radical (unpaired) electrons. The number of carbonyl (C=O) groups is 1. The average Bonchev–Trinajstić information content (AvgIpc) is 3.19. The van der Waals surface area contributed by atoms with Crippen molar-refractivity contribution in [2.24, 2.45) is 0 Å². The fourth-order valence-corrected chi connectivity index (χ4v) is 3.68. The van der Waals surface area contributed by atoms with Crippen molar-refractivity contribution in [1.82, 2.24) is 9.88 Å². The van der Waals surface area contributed by atoms with Crippen LogP contribution in [-0.2, 0) is 4.74 Å². The summed E-state index contributed by atoms with van der Waals surface area (Å²) in [4.78, 5) is 21.7. The van der Waals surface area contributed by atoms with Crippen LogP contribution in [0.15, 0.2) is 48.7 Å². The molecule has 2 aliphatic heterocycles. The van der Waals surface area contributed by atoms with Crippen LogP contribution in [0.3, 0.4) is 0 Å². The minimum Gasteiger partial charge on any atom is -0.378 e. The number of benzene rings is 1. The molecule has 5 nitrogen and oxygen atoms in total. The van der Waals surface area contributed by atoms with Crippen molar-refractivity contribution in [3.8, 4) is 0 Å². The van der Waals surface area contributed by atoms with Crippen molar-refractivity contribution < 1.29 is 9.53 Å². The Hall–Kier alpha value is -2.40. The zero-order valence-electron chi connectivity index (χ0n) is 14.3. The van der Waals surface area contributed by atoms with E-state index in [4.69, 9.17) is 4.74 Å². The molecule has 1 atom stereocenters. The van der Waals surface area contributed by atoms with Crippen molar-refractivity contribution in [2.45, 2.75) is 18.9 Å². The Morgan fingerprint density at radius 3 is 2.56 bits per heavy atom. The number of hydrogen-bond donors (Lipinski definition) is 0. The highest BCUT2D eigenvalue weighted by atomic mass is 16.5. The van der Waals surface area contributed by atoms with Gasteiger partial charge in [-0.25, -0.2) is 4.98 Å². The zero-order chi connectivity index (χ0) is 17.1. The Morgan fingerprint density at radius 1 is 1.04 bits per heavy atom. The van der Waals surface area contributed by atoms with Gasteiger partial charge in [0.2, 0.25) is 0 Å². The van der Waals surface area contributed by atoms with Gasteiger partial charge in [0.05, 0.1) is 19.3 Å². The number of aromatic nitrogens is 1. The van der Waals surface area contributed by atoms with Crippen LogP contribution < -0.4 is 4.90 Å².